The van der Waals surface area contributed by atoms with Crippen molar-refractivity contribution >= 4 is 12.3 Å². The number of aldehydes is 1. The molecular weight excluding hydrogens is 244 g/mol. The third kappa shape index (κ3) is 3.66. The van der Waals surface area contributed by atoms with Crippen LogP contribution in [0.15, 0.2) is 12.2 Å². The molecule has 19 heavy (non-hydrogen) atoms. The Hall–Kier alpha value is -1.16. The number of hydrogen-bond donors (Lipinski definition) is 1. The standard InChI is InChI=1S/C15H22O4/c16-10-9-12-11(13-7-8-14(12)19-13)5-3-1-2-4-6-15(17)18/h1,3,10-14H,2,4-9H2,(H,17,18)/b3-1-/t11-,12+,13-,14+/m0/s1. The van der Waals surface area contributed by atoms with Crippen molar-refractivity contribution in [2.24, 2.45) is 11.8 Å². The van der Waals surface area contributed by atoms with Gasteiger partial charge in [-0.3, -0.25) is 4.79 Å². The van der Waals surface area contributed by atoms with Gasteiger partial charge in [0.15, 0.2) is 0 Å². The molecule has 0 aliphatic carbocycles. The van der Waals surface area contributed by atoms with Crippen LogP contribution < -0.4 is 0 Å². The van der Waals surface area contributed by atoms with E-state index in [1.807, 2.05) is 0 Å². The number of carboxylic acids is 1. The molecule has 2 rings (SSSR count). The number of carbonyl (C=O) groups is 2. The lowest BCUT2D eigenvalue weighted by Gasteiger charge is -2.25. The fourth-order valence-corrected chi connectivity index (χ4v) is 3.38. The summed E-state index contributed by atoms with van der Waals surface area (Å²) < 4.78 is 5.89. The molecular formula is C15H22O4. The summed E-state index contributed by atoms with van der Waals surface area (Å²) in [6.07, 6.45) is 11.3. The molecule has 2 saturated heterocycles. The molecule has 4 nitrogen and oxygen atoms in total. The second kappa shape index (κ2) is 6.85. The number of unbranched alkanes of at least 4 members (excludes halogenated alkanes) is 1. The number of carbonyl (C=O) groups excluding carboxylic acids is 1. The quantitative estimate of drug-likeness (QED) is 0.416. The van der Waals surface area contributed by atoms with Gasteiger partial charge >= 0.3 is 5.97 Å². The largest absolute Gasteiger partial charge is 0.481 e. The highest BCUT2D eigenvalue weighted by molar-refractivity contribution is 5.66. The second-order valence-electron chi connectivity index (χ2n) is 5.51. The van der Waals surface area contributed by atoms with E-state index in [4.69, 9.17) is 9.84 Å². The van der Waals surface area contributed by atoms with Crippen LogP contribution >= 0.6 is 0 Å². The number of aliphatic carboxylic acids is 1. The van der Waals surface area contributed by atoms with E-state index in [0.29, 0.717) is 36.9 Å². The van der Waals surface area contributed by atoms with Crippen LogP contribution in [0.25, 0.3) is 0 Å². The van der Waals surface area contributed by atoms with E-state index in [1.54, 1.807) is 0 Å². The highest BCUT2D eigenvalue weighted by Gasteiger charge is 2.47. The zero-order valence-corrected chi connectivity index (χ0v) is 11.2. The van der Waals surface area contributed by atoms with Crippen LogP contribution in [-0.4, -0.2) is 29.6 Å². The van der Waals surface area contributed by atoms with E-state index >= 15 is 0 Å². The molecule has 0 spiro atoms. The van der Waals surface area contributed by atoms with Crippen molar-refractivity contribution in [3.05, 3.63) is 12.2 Å². The first kappa shape index (κ1) is 14.3. The van der Waals surface area contributed by atoms with Gasteiger partial charge in [0.1, 0.15) is 6.29 Å². The Morgan fingerprint density at radius 2 is 1.84 bits per heavy atom. The number of ether oxygens (including phenoxy) is 1. The summed E-state index contributed by atoms with van der Waals surface area (Å²) in [6, 6.07) is 0. The molecule has 0 aromatic rings. The molecule has 0 amide bonds. The lowest BCUT2D eigenvalue weighted by Crippen LogP contribution is -2.27. The zero-order valence-electron chi connectivity index (χ0n) is 11.2. The first-order valence-corrected chi connectivity index (χ1v) is 7.18. The van der Waals surface area contributed by atoms with Gasteiger partial charge in [-0.2, -0.15) is 0 Å². The third-order valence-corrected chi connectivity index (χ3v) is 4.30. The molecule has 2 aliphatic heterocycles. The van der Waals surface area contributed by atoms with E-state index < -0.39 is 5.97 Å². The lowest BCUT2D eigenvalue weighted by molar-refractivity contribution is -0.137. The molecule has 2 aliphatic rings. The van der Waals surface area contributed by atoms with Crippen LogP contribution in [0, 0.1) is 11.8 Å². The summed E-state index contributed by atoms with van der Waals surface area (Å²) in [6.45, 7) is 0. The van der Waals surface area contributed by atoms with Crippen molar-refractivity contribution < 1.29 is 19.4 Å². The smallest absolute Gasteiger partial charge is 0.303 e. The Kier molecular flexibility index (Phi) is 5.14. The molecule has 0 aromatic heterocycles. The number of allylic oxidation sites excluding steroid dienone is 2. The highest BCUT2D eigenvalue weighted by Crippen LogP contribution is 2.46. The van der Waals surface area contributed by atoms with E-state index in [-0.39, 0.29) is 6.42 Å². The van der Waals surface area contributed by atoms with Crippen LogP contribution in [0.5, 0.6) is 0 Å². The molecule has 1 N–H and O–H groups in total. The van der Waals surface area contributed by atoms with Gasteiger partial charge in [-0.1, -0.05) is 12.2 Å². The van der Waals surface area contributed by atoms with Crippen LogP contribution in [-0.2, 0) is 14.3 Å². The van der Waals surface area contributed by atoms with Crippen LogP contribution in [0.2, 0.25) is 0 Å². The van der Waals surface area contributed by atoms with Crippen LogP contribution in [0.3, 0.4) is 0 Å². The van der Waals surface area contributed by atoms with E-state index in [9.17, 15) is 9.59 Å². The van der Waals surface area contributed by atoms with Crippen molar-refractivity contribution in [1.29, 1.82) is 0 Å². The van der Waals surface area contributed by atoms with Gasteiger partial charge in [-0.05, 0) is 43.9 Å². The maximum Gasteiger partial charge on any atom is 0.303 e. The first-order chi connectivity index (χ1) is 9.22. The molecule has 4 atom stereocenters. The van der Waals surface area contributed by atoms with Crippen molar-refractivity contribution in [2.45, 2.75) is 57.2 Å². The first-order valence-electron chi connectivity index (χ1n) is 7.18. The maximum absolute atomic E-state index is 10.7. The Bertz CT molecular complexity index is 350. The summed E-state index contributed by atoms with van der Waals surface area (Å²) in [7, 11) is 0. The third-order valence-electron chi connectivity index (χ3n) is 4.30. The predicted molar refractivity (Wildman–Crippen MR) is 70.8 cm³/mol. The maximum atomic E-state index is 10.7. The van der Waals surface area contributed by atoms with Gasteiger partial charge in [-0.25, -0.2) is 0 Å². The predicted octanol–water partition coefficient (Wildman–Crippen LogP) is 2.57. The minimum atomic E-state index is -0.735. The number of carboxylic acid groups (broad SMARTS) is 1. The van der Waals surface area contributed by atoms with Crippen LogP contribution in [0.4, 0.5) is 0 Å². The number of fused-ring (bicyclic) bond motifs is 2. The Balaban J connectivity index is 1.73. The monoisotopic (exact) mass is 266 g/mol. The second-order valence-corrected chi connectivity index (χ2v) is 5.51. The van der Waals surface area contributed by atoms with Gasteiger partial charge in [0.2, 0.25) is 0 Å². The van der Waals surface area contributed by atoms with Crippen molar-refractivity contribution in [2.75, 3.05) is 0 Å². The lowest BCUT2D eigenvalue weighted by atomic mass is 9.76. The van der Waals surface area contributed by atoms with Crippen molar-refractivity contribution in [3.63, 3.8) is 0 Å². The Labute approximate surface area is 113 Å². The molecule has 0 radical (unpaired) electrons. The van der Waals surface area contributed by atoms with Gasteiger partial charge in [0.25, 0.3) is 0 Å². The summed E-state index contributed by atoms with van der Waals surface area (Å²) in [4.78, 5) is 21.1. The van der Waals surface area contributed by atoms with Crippen molar-refractivity contribution in [3.8, 4) is 0 Å². The van der Waals surface area contributed by atoms with Gasteiger partial charge < -0.3 is 14.6 Å². The van der Waals surface area contributed by atoms with E-state index in [2.05, 4.69) is 12.2 Å². The molecule has 2 fully saturated rings. The van der Waals surface area contributed by atoms with E-state index in [1.165, 1.54) is 0 Å². The highest BCUT2D eigenvalue weighted by atomic mass is 16.5. The van der Waals surface area contributed by atoms with Crippen molar-refractivity contribution in [1.82, 2.24) is 0 Å². The molecule has 0 unspecified atom stereocenters. The van der Waals surface area contributed by atoms with E-state index in [0.717, 1.165) is 32.0 Å². The van der Waals surface area contributed by atoms with Gasteiger partial charge in [-0.15, -0.1) is 0 Å². The SMILES string of the molecule is O=CC[C@@H]1[C@H](C/C=C\CCCC(=O)O)[C@@H]2CC[C@H]1O2. The molecule has 106 valence electrons. The average Bonchev–Trinajstić information content (AvgIpc) is 2.95. The summed E-state index contributed by atoms with van der Waals surface area (Å²) in [5.41, 5.74) is 0. The molecule has 2 heterocycles. The fraction of sp³-hybridized carbons (Fsp3) is 0.733. The summed E-state index contributed by atoms with van der Waals surface area (Å²) in [5.74, 6) is 0.126. The number of hydrogen-bond acceptors (Lipinski definition) is 3. The minimum absolute atomic E-state index is 0.231. The normalized spacial score (nSPS) is 33.1. The minimum Gasteiger partial charge on any atom is -0.481 e. The molecule has 0 saturated carbocycles. The topological polar surface area (TPSA) is 63.6 Å². The van der Waals surface area contributed by atoms with Gasteiger partial charge in [0, 0.05) is 12.8 Å². The van der Waals surface area contributed by atoms with Gasteiger partial charge in [0.05, 0.1) is 12.2 Å². The Morgan fingerprint density at radius 1 is 1.16 bits per heavy atom. The Morgan fingerprint density at radius 3 is 2.47 bits per heavy atom. The fourth-order valence-electron chi connectivity index (χ4n) is 3.38. The average molecular weight is 266 g/mol. The van der Waals surface area contributed by atoms with Crippen LogP contribution in [0.1, 0.15) is 44.9 Å². The number of rotatable bonds is 8. The zero-order chi connectivity index (χ0) is 13.7. The summed E-state index contributed by atoms with van der Waals surface area (Å²) in [5, 5.41) is 8.53. The molecule has 2 bridgehead atoms. The molecule has 4 heteroatoms. The summed E-state index contributed by atoms with van der Waals surface area (Å²) >= 11 is 0. The molecule has 0 aromatic carbocycles.